The predicted octanol–water partition coefficient (Wildman–Crippen LogP) is 3.74. The third kappa shape index (κ3) is 3.55. The number of rotatable bonds is 4. The summed E-state index contributed by atoms with van der Waals surface area (Å²) in [7, 11) is 0. The van der Waals surface area contributed by atoms with E-state index in [4.69, 9.17) is 10.00 Å². The highest BCUT2D eigenvalue weighted by Gasteiger charge is 2.42. The van der Waals surface area contributed by atoms with Gasteiger partial charge in [-0.1, -0.05) is 24.3 Å². The lowest BCUT2D eigenvalue weighted by atomic mass is 9.80. The molecule has 0 fully saturated rings. The molecule has 5 nitrogen and oxygen atoms in total. The molecule has 0 saturated heterocycles. The van der Waals surface area contributed by atoms with E-state index >= 15 is 0 Å². The summed E-state index contributed by atoms with van der Waals surface area (Å²) in [6.07, 6.45) is 2.46. The maximum atomic E-state index is 13.3. The SMILES string of the molecule is N#CCc1ccc([C@@]2(NC(=O)c3ccc(F)cc3)CCOc3cccnc32)cc1. The number of nitrogens with one attached hydrogen (secondary N) is 1. The zero-order chi connectivity index (χ0) is 20.3. The molecule has 0 spiro atoms. The number of hydrogen-bond donors (Lipinski definition) is 1. The number of hydrogen-bond acceptors (Lipinski definition) is 4. The van der Waals surface area contributed by atoms with Crippen LogP contribution in [-0.4, -0.2) is 17.5 Å². The van der Waals surface area contributed by atoms with Crippen molar-refractivity contribution in [2.24, 2.45) is 0 Å². The highest BCUT2D eigenvalue weighted by molar-refractivity contribution is 5.95. The molecule has 6 heteroatoms. The Bertz CT molecular complexity index is 1070. The van der Waals surface area contributed by atoms with E-state index in [0.717, 1.165) is 11.1 Å². The maximum absolute atomic E-state index is 13.3. The van der Waals surface area contributed by atoms with E-state index in [1.165, 1.54) is 24.3 Å². The number of amides is 1. The van der Waals surface area contributed by atoms with E-state index in [2.05, 4.69) is 16.4 Å². The van der Waals surface area contributed by atoms with E-state index in [9.17, 15) is 9.18 Å². The zero-order valence-corrected chi connectivity index (χ0v) is 15.6. The molecule has 0 bridgehead atoms. The first-order valence-electron chi connectivity index (χ1n) is 9.25. The van der Waals surface area contributed by atoms with Crippen LogP contribution < -0.4 is 10.1 Å². The molecule has 1 N–H and O–H groups in total. The molecule has 1 amide bonds. The molecular weight excluding hydrogens is 369 g/mol. The van der Waals surface area contributed by atoms with Gasteiger partial charge in [0.25, 0.3) is 5.91 Å². The highest BCUT2D eigenvalue weighted by Crippen LogP contribution is 2.40. The Morgan fingerprint density at radius 1 is 1.17 bits per heavy atom. The summed E-state index contributed by atoms with van der Waals surface area (Å²) in [4.78, 5) is 17.6. The number of carbonyl (C=O) groups is 1. The molecule has 1 aromatic heterocycles. The van der Waals surface area contributed by atoms with Crippen LogP contribution in [0.15, 0.2) is 66.9 Å². The van der Waals surface area contributed by atoms with E-state index in [0.29, 0.717) is 36.5 Å². The van der Waals surface area contributed by atoms with Crippen molar-refractivity contribution in [2.75, 3.05) is 6.61 Å². The molecule has 0 aliphatic carbocycles. The summed E-state index contributed by atoms with van der Waals surface area (Å²) in [5.74, 6) is -0.119. The minimum atomic E-state index is -0.897. The van der Waals surface area contributed by atoms with Gasteiger partial charge in [-0.25, -0.2) is 4.39 Å². The van der Waals surface area contributed by atoms with Crippen molar-refractivity contribution >= 4 is 5.91 Å². The van der Waals surface area contributed by atoms with Gasteiger partial charge in [-0.05, 0) is 47.5 Å². The Morgan fingerprint density at radius 2 is 1.93 bits per heavy atom. The third-order valence-corrected chi connectivity index (χ3v) is 5.07. The lowest BCUT2D eigenvalue weighted by molar-refractivity contribution is 0.0883. The monoisotopic (exact) mass is 387 g/mol. The number of ether oxygens (including phenoxy) is 1. The van der Waals surface area contributed by atoms with E-state index in [-0.39, 0.29) is 5.91 Å². The normalized spacial score (nSPS) is 17.5. The Kier molecular flexibility index (Phi) is 4.96. The summed E-state index contributed by atoms with van der Waals surface area (Å²) in [5, 5.41) is 12.0. The van der Waals surface area contributed by atoms with Crippen molar-refractivity contribution in [3.8, 4) is 11.8 Å². The first-order valence-corrected chi connectivity index (χ1v) is 9.25. The standard InChI is InChI=1S/C23H18FN3O2/c24-19-9-5-17(6-10-19)22(28)27-23(18-7-3-16(4-8-18)11-13-25)12-15-29-20-2-1-14-26-21(20)23/h1-10,14H,11-12,15H2,(H,27,28)/t23-/m0/s1. The molecule has 0 radical (unpaired) electrons. The van der Waals surface area contributed by atoms with Crippen molar-refractivity contribution in [2.45, 2.75) is 18.4 Å². The van der Waals surface area contributed by atoms with Gasteiger partial charge >= 0.3 is 0 Å². The van der Waals surface area contributed by atoms with Gasteiger partial charge in [-0.2, -0.15) is 5.26 Å². The molecule has 1 aliphatic heterocycles. The Hall–Kier alpha value is -3.72. The number of nitrogens with zero attached hydrogens (tertiary/aromatic N) is 2. The zero-order valence-electron chi connectivity index (χ0n) is 15.6. The fourth-order valence-corrected chi connectivity index (χ4v) is 3.60. The second kappa shape index (κ2) is 7.72. The summed E-state index contributed by atoms with van der Waals surface area (Å²) >= 11 is 0. The molecule has 0 unspecified atom stereocenters. The topological polar surface area (TPSA) is 75.0 Å². The van der Waals surface area contributed by atoms with Gasteiger partial charge in [0.1, 0.15) is 22.8 Å². The number of halogens is 1. The summed E-state index contributed by atoms with van der Waals surface area (Å²) in [6, 6.07) is 18.7. The van der Waals surface area contributed by atoms with Crippen LogP contribution in [0.25, 0.3) is 0 Å². The van der Waals surface area contributed by atoms with Crippen LogP contribution in [-0.2, 0) is 12.0 Å². The lowest BCUT2D eigenvalue weighted by Crippen LogP contribution is -2.50. The third-order valence-electron chi connectivity index (χ3n) is 5.07. The average molecular weight is 387 g/mol. The molecule has 1 aliphatic rings. The molecular formula is C23H18FN3O2. The van der Waals surface area contributed by atoms with Crippen molar-refractivity contribution < 1.29 is 13.9 Å². The summed E-state index contributed by atoms with van der Waals surface area (Å²) < 4.78 is 19.0. The number of carbonyl (C=O) groups excluding carboxylic acids is 1. The summed E-state index contributed by atoms with van der Waals surface area (Å²) in [6.45, 7) is 0.405. The highest BCUT2D eigenvalue weighted by atomic mass is 19.1. The second-order valence-corrected chi connectivity index (χ2v) is 6.85. The van der Waals surface area contributed by atoms with Crippen LogP contribution in [0.4, 0.5) is 4.39 Å². The quantitative estimate of drug-likeness (QED) is 0.740. The second-order valence-electron chi connectivity index (χ2n) is 6.85. The molecule has 0 saturated carbocycles. The summed E-state index contributed by atoms with van der Waals surface area (Å²) in [5.41, 5.74) is 1.82. The van der Waals surface area contributed by atoms with Crippen molar-refractivity contribution in [1.82, 2.24) is 10.3 Å². The van der Waals surface area contributed by atoms with Crippen molar-refractivity contribution in [1.29, 1.82) is 5.26 Å². The predicted molar refractivity (Wildman–Crippen MR) is 105 cm³/mol. The fraction of sp³-hybridized carbons (Fsp3) is 0.174. The Labute approximate surface area is 167 Å². The molecule has 29 heavy (non-hydrogen) atoms. The van der Waals surface area contributed by atoms with Gasteiger partial charge < -0.3 is 10.1 Å². The Balaban J connectivity index is 1.79. The van der Waals surface area contributed by atoms with Crippen molar-refractivity contribution in [3.05, 3.63) is 95.1 Å². The van der Waals surface area contributed by atoms with Gasteiger partial charge in [-0.3, -0.25) is 9.78 Å². The first kappa shape index (κ1) is 18.6. The van der Waals surface area contributed by atoms with Gasteiger partial charge in [0.05, 0.1) is 19.1 Å². The largest absolute Gasteiger partial charge is 0.491 e. The van der Waals surface area contributed by atoms with E-state index in [1.54, 1.807) is 12.3 Å². The van der Waals surface area contributed by atoms with Crippen LogP contribution in [0.5, 0.6) is 5.75 Å². The number of aromatic nitrogens is 1. The smallest absolute Gasteiger partial charge is 0.252 e. The first-order chi connectivity index (χ1) is 14.1. The number of fused-ring (bicyclic) bond motifs is 1. The molecule has 2 heterocycles. The van der Waals surface area contributed by atoms with Crippen LogP contribution in [0, 0.1) is 17.1 Å². The molecule has 144 valence electrons. The van der Waals surface area contributed by atoms with Gasteiger partial charge in [0, 0.05) is 18.2 Å². The van der Waals surface area contributed by atoms with Crippen molar-refractivity contribution in [3.63, 3.8) is 0 Å². The average Bonchev–Trinajstić information content (AvgIpc) is 2.75. The molecule has 3 aromatic rings. The van der Waals surface area contributed by atoms with Crippen LogP contribution >= 0.6 is 0 Å². The van der Waals surface area contributed by atoms with Crippen LogP contribution in [0.3, 0.4) is 0 Å². The van der Waals surface area contributed by atoms with Crippen LogP contribution in [0.2, 0.25) is 0 Å². The number of pyridine rings is 1. The minimum Gasteiger partial charge on any atom is -0.491 e. The maximum Gasteiger partial charge on any atom is 0.252 e. The van der Waals surface area contributed by atoms with E-state index in [1.807, 2.05) is 30.3 Å². The molecule has 4 rings (SSSR count). The lowest BCUT2D eigenvalue weighted by Gasteiger charge is -2.39. The Morgan fingerprint density at radius 3 is 2.66 bits per heavy atom. The van der Waals surface area contributed by atoms with Gasteiger partial charge in [-0.15, -0.1) is 0 Å². The van der Waals surface area contributed by atoms with Gasteiger partial charge in [0.15, 0.2) is 0 Å². The van der Waals surface area contributed by atoms with Crippen LogP contribution in [0.1, 0.15) is 33.6 Å². The molecule has 2 aromatic carbocycles. The van der Waals surface area contributed by atoms with E-state index < -0.39 is 11.4 Å². The van der Waals surface area contributed by atoms with Gasteiger partial charge in [0.2, 0.25) is 0 Å². The number of nitriles is 1. The minimum absolute atomic E-state index is 0.313. The number of benzene rings is 2. The molecule has 1 atom stereocenters. The fourth-order valence-electron chi connectivity index (χ4n) is 3.60.